The van der Waals surface area contributed by atoms with E-state index in [1.54, 1.807) is 50.6 Å². The van der Waals surface area contributed by atoms with Gasteiger partial charge in [-0.3, -0.25) is 4.79 Å². The van der Waals surface area contributed by atoms with Crippen molar-refractivity contribution in [3.05, 3.63) is 58.1 Å². The van der Waals surface area contributed by atoms with Crippen LogP contribution in [0.2, 0.25) is 10.0 Å². The SMILES string of the molecule is COc1ccc(/C=C\C(=O)Nc2cccc(Cl)c2Cl)cc1OC. The first kappa shape index (κ1) is 17.2. The minimum absolute atomic E-state index is 0.307. The van der Waals surface area contributed by atoms with Gasteiger partial charge in [-0.1, -0.05) is 35.3 Å². The molecule has 0 heterocycles. The minimum Gasteiger partial charge on any atom is -0.493 e. The molecular weight excluding hydrogens is 337 g/mol. The first-order chi connectivity index (χ1) is 11.0. The predicted octanol–water partition coefficient (Wildman–Crippen LogP) is 4.66. The lowest BCUT2D eigenvalue weighted by Crippen LogP contribution is -2.08. The third kappa shape index (κ3) is 4.41. The fraction of sp³-hybridized carbons (Fsp3) is 0.118. The van der Waals surface area contributed by atoms with Crippen molar-refractivity contribution >= 4 is 40.9 Å². The number of hydrogen-bond acceptors (Lipinski definition) is 3. The molecule has 0 aliphatic carbocycles. The molecule has 0 spiro atoms. The highest BCUT2D eigenvalue weighted by atomic mass is 35.5. The number of carbonyl (C=O) groups is 1. The molecule has 0 aliphatic heterocycles. The molecule has 2 aromatic rings. The largest absolute Gasteiger partial charge is 0.493 e. The van der Waals surface area contributed by atoms with E-state index in [9.17, 15) is 4.79 Å². The Hall–Kier alpha value is -2.17. The Morgan fingerprint density at radius 2 is 1.83 bits per heavy atom. The van der Waals surface area contributed by atoms with E-state index in [1.807, 2.05) is 6.07 Å². The quantitative estimate of drug-likeness (QED) is 0.796. The van der Waals surface area contributed by atoms with Gasteiger partial charge in [0.15, 0.2) is 11.5 Å². The molecule has 0 fully saturated rings. The first-order valence-electron chi connectivity index (χ1n) is 6.70. The maximum absolute atomic E-state index is 12.0. The van der Waals surface area contributed by atoms with Gasteiger partial charge < -0.3 is 14.8 Å². The molecule has 4 nitrogen and oxygen atoms in total. The van der Waals surface area contributed by atoms with E-state index in [-0.39, 0.29) is 5.91 Å². The Morgan fingerprint density at radius 3 is 2.52 bits per heavy atom. The van der Waals surface area contributed by atoms with Gasteiger partial charge >= 0.3 is 0 Å². The minimum atomic E-state index is -0.316. The van der Waals surface area contributed by atoms with Gasteiger partial charge in [-0.2, -0.15) is 0 Å². The first-order valence-corrected chi connectivity index (χ1v) is 7.46. The number of methoxy groups -OCH3 is 2. The summed E-state index contributed by atoms with van der Waals surface area (Å²) in [5.74, 6) is 0.900. The lowest BCUT2D eigenvalue weighted by molar-refractivity contribution is -0.111. The Balaban J connectivity index is 2.10. The van der Waals surface area contributed by atoms with Crippen LogP contribution in [0.4, 0.5) is 5.69 Å². The molecule has 0 unspecified atom stereocenters. The number of halogens is 2. The second kappa shape index (κ2) is 7.90. The van der Waals surface area contributed by atoms with Gasteiger partial charge in [-0.05, 0) is 35.9 Å². The van der Waals surface area contributed by atoms with E-state index in [4.69, 9.17) is 32.7 Å². The topological polar surface area (TPSA) is 47.6 Å². The molecule has 1 N–H and O–H groups in total. The van der Waals surface area contributed by atoms with Crippen molar-refractivity contribution in [2.45, 2.75) is 0 Å². The summed E-state index contributed by atoms with van der Waals surface area (Å²) < 4.78 is 10.4. The van der Waals surface area contributed by atoms with Crippen LogP contribution in [0.5, 0.6) is 11.5 Å². The molecule has 120 valence electrons. The van der Waals surface area contributed by atoms with Crippen LogP contribution >= 0.6 is 23.2 Å². The highest BCUT2D eigenvalue weighted by molar-refractivity contribution is 6.44. The van der Waals surface area contributed by atoms with Gasteiger partial charge in [0, 0.05) is 6.08 Å². The highest BCUT2D eigenvalue weighted by Crippen LogP contribution is 2.30. The number of amides is 1. The number of nitrogens with one attached hydrogen (secondary N) is 1. The summed E-state index contributed by atoms with van der Waals surface area (Å²) in [4.78, 5) is 12.0. The fourth-order valence-electron chi connectivity index (χ4n) is 1.90. The number of benzene rings is 2. The Morgan fingerprint density at radius 1 is 1.09 bits per heavy atom. The van der Waals surface area contributed by atoms with E-state index in [1.165, 1.54) is 6.08 Å². The van der Waals surface area contributed by atoms with Crippen molar-refractivity contribution < 1.29 is 14.3 Å². The maximum atomic E-state index is 12.0. The van der Waals surface area contributed by atoms with Crippen molar-refractivity contribution in [1.29, 1.82) is 0 Å². The molecular formula is C17H15Cl2NO3. The molecule has 0 aliphatic rings. The Bertz CT molecular complexity index is 745. The average Bonchev–Trinajstić information content (AvgIpc) is 2.56. The normalized spacial score (nSPS) is 10.6. The monoisotopic (exact) mass is 351 g/mol. The van der Waals surface area contributed by atoms with Gasteiger partial charge in [-0.15, -0.1) is 0 Å². The van der Waals surface area contributed by atoms with Crippen LogP contribution in [0.1, 0.15) is 5.56 Å². The molecule has 0 atom stereocenters. The van der Waals surface area contributed by atoms with Gasteiger partial charge in [0.25, 0.3) is 0 Å². The van der Waals surface area contributed by atoms with Crippen LogP contribution < -0.4 is 14.8 Å². The summed E-state index contributed by atoms with van der Waals surface area (Å²) in [7, 11) is 3.12. The molecule has 6 heteroatoms. The average molecular weight is 352 g/mol. The second-order valence-electron chi connectivity index (χ2n) is 4.54. The Kier molecular flexibility index (Phi) is 5.90. The number of rotatable bonds is 5. The van der Waals surface area contributed by atoms with Gasteiger partial charge in [-0.25, -0.2) is 0 Å². The van der Waals surface area contributed by atoms with Crippen LogP contribution in [-0.4, -0.2) is 20.1 Å². The summed E-state index contributed by atoms with van der Waals surface area (Å²) in [6, 6.07) is 10.4. The predicted molar refractivity (Wildman–Crippen MR) is 93.7 cm³/mol. The van der Waals surface area contributed by atoms with Gasteiger partial charge in [0.05, 0.1) is 30.0 Å². The zero-order valence-electron chi connectivity index (χ0n) is 12.6. The van der Waals surface area contributed by atoms with Crippen LogP contribution in [0.15, 0.2) is 42.5 Å². The van der Waals surface area contributed by atoms with E-state index in [2.05, 4.69) is 5.32 Å². The highest BCUT2D eigenvalue weighted by Gasteiger charge is 2.07. The lowest BCUT2D eigenvalue weighted by atomic mass is 10.2. The van der Waals surface area contributed by atoms with Crippen molar-refractivity contribution in [2.24, 2.45) is 0 Å². The second-order valence-corrected chi connectivity index (χ2v) is 5.32. The van der Waals surface area contributed by atoms with E-state index < -0.39 is 0 Å². The summed E-state index contributed by atoms with van der Waals surface area (Å²) in [6.45, 7) is 0. The third-order valence-corrected chi connectivity index (χ3v) is 3.86. The number of carbonyl (C=O) groups excluding carboxylic acids is 1. The van der Waals surface area contributed by atoms with E-state index >= 15 is 0 Å². The van der Waals surface area contributed by atoms with Crippen LogP contribution in [0, 0.1) is 0 Å². The summed E-state index contributed by atoms with van der Waals surface area (Å²) >= 11 is 11.9. The summed E-state index contributed by atoms with van der Waals surface area (Å²) in [5, 5.41) is 3.36. The van der Waals surface area contributed by atoms with Gasteiger partial charge in [0.1, 0.15) is 0 Å². The molecule has 1 amide bonds. The molecule has 2 aromatic carbocycles. The molecule has 0 bridgehead atoms. The smallest absolute Gasteiger partial charge is 0.248 e. The number of hydrogen-bond donors (Lipinski definition) is 1. The Labute approximate surface area is 144 Å². The summed E-state index contributed by atoms with van der Waals surface area (Å²) in [5.41, 5.74) is 1.26. The molecule has 0 radical (unpaired) electrons. The maximum Gasteiger partial charge on any atom is 0.248 e. The van der Waals surface area contributed by atoms with Crippen LogP contribution in [0.25, 0.3) is 6.08 Å². The number of ether oxygens (including phenoxy) is 2. The molecule has 2 rings (SSSR count). The standard InChI is InChI=1S/C17H15Cl2NO3/c1-22-14-8-6-11(10-15(14)23-2)7-9-16(21)20-13-5-3-4-12(18)17(13)19/h3-10H,1-2H3,(H,20,21)/b9-7-. The van der Waals surface area contributed by atoms with Crippen LogP contribution in [-0.2, 0) is 4.79 Å². The lowest BCUT2D eigenvalue weighted by Gasteiger charge is -2.08. The van der Waals surface area contributed by atoms with Crippen molar-refractivity contribution in [3.63, 3.8) is 0 Å². The molecule has 0 saturated carbocycles. The zero-order chi connectivity index (χ0) is 16.8. The fourth-order valence-corrected chi connectivity index (χ4v) is 2.25. The van der Waals surface area contributed by atoms with Crippen LogP contribution in [0.3, 0.4) is 0 Å². The summed E-state index contributed by atoms with van der Waals surface area (Å²) in [6.07, 6.45) is 3.06. The third-order valence-electron chi connectivity index (χ3n) is 3.04. The zero-order valence-corrected chi connectivity index (χ0v) is 14.1. The van der Waals surface area contributed by atoms with Crippen molar-refractivity contribution in [3.8, 4) is 11.5 Å². The van der Waals surface area contributed by atoms with Crippen molar-refractivity contribution in [1.82, 2.24) is 0 Å². The van der Waals surface area contributed by atoms with E-state index in [0.717, 1.165) is 5.56 Å². The number of anilines is 1. The molecule has 0 saturated heterocycles. The van der Waals surface area contributed by atoms with Crippen molar-refractivity contribution in [2.75, 3.05) is 19.5 Å². The van der Waals surface area contributed by atoms with E-state index in [0.29, 0.717) is 27.2 Å². The van der Waals surface area contributed by atoms with Gasteiger partial charge in [0.2, 0.25) is 5.91 Å². The molecule has 23 heavy (non-hydrogen) atoms. The molecule has 0 aromatic heterocycles.